The summed E-state index contributed by atoms with van der Waals surface area (Å²) in [7, 11) is 0. The molecule has 0 heterocycles. The Hall–Kier alpha value is -3.37. The average Bonchev–Trinajstić information content (AvgIpc) is 2.85. The van der Waals surface area contributed by atoms with Crippen LogP contribution in [0.3, 0.4) is 0 Å². The lowest BCUT2D eigenvalue weighted by molar-refractivity contribution is 1.27. The molecule has 0 saturated heterocycles. The van der Waals surface area contributed by atoms with Gasteiger partial charge < -0.3 is 4.90 Å². The third-order valence-corrected chi connectivity index (χ3v) is 5.68. The van der Waals surface area contributed by atoms with Crippen molar-refractivity contribution in [1.82, 2.24) is 0 Å². The highest BCUT2D eigenvalue weighted by molar-refractivity contribution is 14.1. The summed E-state index contributed by atoms with van der Waals surface area (Å²) >= 11 is 2.34. The Balaban J connectivity index is 0.000000454. The van der Waals surface area contributed by atoms with Gasteiger partial charge in [-0.25, -0.2) is 0 Å². The molecule has 0 aromatic heterocycles. The molecular weight excluding hydrogens is 513 g/mol. The lowest BCUT2D eigenvalue weighted by Crippen LogP contribution is -2.09. The number of hydrogen-bond donors (Lipinski definition) is 0. The zero-order valence-corrected chi connectivity index (χ0v) is 21.0. The minimum absolute atomic E-state index is 1.15. The summed E-state index contributed by atoms with van der Waals surface area (Å²) in [6, 6.07) is 36.6. The smallest absolute Gasteiger partial charge is 0.0464 e. The number of rotatable bonds is 6. The fourth-order valence-electron chi connectivity index (χ4n) is 3.39. The van der Waals surface area contributed by atoms with Gasteiger partial charge in [-0.15, -0.1) is 0 Å². The highest BCUT2D eigenvalue weighted by Gasteiger charge is 2.12. The van der Waals surface area contributed by atoms with E-state index in [0.717, 1.165) is 11.4 Å². The normalized spacial score (nSPS) is 10.2. The number of benzene rings is 4. The van der Waals surface area contributed by atoms with Crippen molar-refractivity contribution in [3.8, 4) is 11.1 Å². The van der Waals surface area contributed by atoms with Crippen molar-refractivity contribution in [3.05, 3.63) is 150 Å². The summed E-state index contributed by atoms with van der Waals surface area (Å²) in [5.41, 5.74) is 7.20. The van der Waals surface area contributed by atoms with Gasteiger partial charge in [-0.3, -0.25) is 0 Å². The molecule has 0 aliphatic rings. The molecule has 0 radical (unpaired) electrons. The van der Waals surface area contributed by atoms with Crippen molar-refractivity contribution in [3.63, 3.8) is 0 Å². The molecule has 0 amide bonds. The van der Waals surface area contributed by atoms with Crippen molar-refractivity contribution in [1.29, 1.82) is 0 Å². The quantitative estimate of drug-likeness (QED) is 0.174. The Labute approximate surface area is 211 Å². The number of allylic oxidation sites excluding steroid dienone is 4. The molecule has 4 aromatic carbocycles. The minimum Gasteiger partial charge on any atom is -0.310 e. The Morgan fingerprint density at radius 1 is 0.606 bits per heavy atom. The van der Waals surface area contributed by atoms with Crippen molar-refractivity contribution in [2.24, 2.45) is 0 Å². The van der Waals surface area contributed by atoms with E-state index in [4.69, 9.17) is 0 Å². The van der Waals surface area contributed by atoms with Crippen LogP contribution in [0.25, 0.3) is 11.1 Å². The standard InChI is InChI=1S/C25H20IN.C6H8/c1-19-6-5-9-25(18-19)27(23-7-3-2-4-8-23)24-16-12-21(13-17-24)20-10-14-22(26)15-11-20;1-3-5-6-4-2/h2-18H,1H3;3-6H,1-2H2/b;6-5-. The topological polar surface area (TPSA) is 3.24 Å². The molecule has 0 spiro atoms. The molecule has 0 N–H and O–H groups in total. The van der Waals surface area contributed by atoms with E-state index >= 15 is 0 Å². The first-order valence-electron chi connectivity index (χ1n) is 10.8. The van der Waals surface area contributed by atoms with Crippen LogP contribution in [0.5, 0.6) is 0 Å². The predicted molar refractivity (Wildman–Crippen MR) is 154 cm³/mol. The second-order valence-corrected chi connectivity index (χ2v) is 8.67. The number of para-hydroxylation sites is 1. The highest BCUT2D eigenvalue weighted by atomic mass is 127. The fraction of sp³-hybridized carbons (Fsp3) is 0.0323. The molecule has 2 heteroatoms. The Morgan fingerprint density at radius 3 is 1.67 bits per heavy atom. The molecule has 0 aliphatic heterocycles. The zero-order chi connectivity index (χ0) is 23.5. The molecule has 0 unspecified atom stereocenters. The molecule has 0 bridgehead atoms. The van der Waals surface area contributed by atoms with E-state index in [1.54, 1.807) is 12.2 Å². The van der Waals surface area contributed by atoms with Crippen LogP contribution >= 0.6 is 22.6 Å². The van der Waals surface area contributed by atoms with Gasteiger partial charge in [-0.05, 0) is 94.7 Å². The van der Waals surface area contributed by atoms with Crippen LogP contribution in [0.4, 0.5) is 17.1 Å². The molecule has 4 aromatic rings. The fourth-order valence-corrected chi connectivity index (χ4v) is 3.75. The van der Waals surface area contributed by atoms with Gasteiger partial charge in [0.1, 0.15) is 0 Å². The van der Waals surface area contributed by atoms with E-state index < -0.39 is 0 Å². The second kappa shape index (κ2) is 12.6. The first kappa shape index (κ1) is 24.3. The maximum Gasteiger partial charge on any atom is 0.0464 e. The van der Waals surface area contributed by atoms with E-state index in [0.29, 0.717) is 0 Å². The van der Waals surface area contributed by atoms with Gasteiger partial charge in [0.05, 0.1) is 0 Å². The summed E-state index contributed by atoms with van der Waals surface area (Å²) in [5.74, 6) is 0. The van der Waals surface area contributed by atoms with Gasteiger partial charge in [0.2, 0.25) is 0 Å². The van der Waals surface area contributed by atoms with E-state index in [2.05, 4.69) is 151 Å². The van der Waals surface area contributed by atoms with E-state index in [-0.39, 0.29) is 0 Å². The van der Waals surface area contributed by atoms with Gasteiger partial charge in [-0.1, -0.05) is 92.1 Å². The van der Waals surface area contributed by atoms with Gasteiger partial charge in [0.15, 0.2) is 0 Å². The van der Waals surface area contributed by atoms with E-state index in [1.807, 2.05) is 12.2 Å². The average molecular weight is 541 g/mol. The van der Waals surface area contributed by atoms with Crippen LogP contribution in [0.1, 0.15) is 5.56 Å². The number of halogens is 1. The van der Waals surface area contributed by atoms with E-state index in [9.17, 15) is 0 Å². The van der Waals surface area contributed by atoms with Crippen LogP contribution < -0.4 is 4.90 Å². The van der Waals surface area contributed by atoms with E-state index in [1.165, 1.54) is 25.9 Å². The molecule has 1 nitrogen and oxygen atoms in total. The largest absolute Gasteiger partial charge is 0.310 e. The van der Waals surface area contributed by atoms with Crippen molar-refractivity contribution >= 4 is 39.7 Å². The summed E-state index contributed by atoms with van der Waals surface area (Å²) in [4.78, 5) is 2.30. The molecule has 164 valence electrons. The number of nitrogens with zero attached hydrogens (tertiary/aromatic N) is 1. The molecular formula is C31H28IN. The van der Waals surface area contributed by atoms with Gasteiger partial charge in [-0.2, -0.15) is 0 Å². The van der Waals surface area contributed by atoms with Crippen LogP contribution in [0.2, 0.25) is 0 Å². The SMILES string of the molecule is C=C/C=C\C=C.Cc1cccc(N(c2ccccc2)c2ccc(-c3ccc(I)cc3)cc2)c1. The summed E-state index contributed by atoms with van der Waals surface area (Å²) < 4.78 is 1.25. The Morgan fingerprint density at radius 2 is 1.12 bits per heavy atom. The van der Waals surface area contributed by atoms with Gasteiger partial charge in [0, 0.05) is 20.6 Å². The first-order valence-corrected chi connectivity index (χ1v) is 11.9. The molecule has 4 rings (SSSR count). The molecule has 0 fully saturated rings. The third-order valence-electron chi connectivity index (χ3n) is 4.96. The summed E-state index contributed by atoms with van der Waals surface area (Å²) in [5, 5.41) is 0. The monoisotopic (exact) mass is 541 g/mol. The Bertz CT molecular complexity index is 1180. The lowest BCUT2D eigenvalue weighted by atomic mass is 10.0. The molecule has 0 aliphatic carbocycles. The third kappa shape index (κ3) is 7.06. The molecule has 33 heavy (non-hydrogen) atoms. The van der Waals surface area contributed by atoms with Gasteiger partial charge >= 0.3 is 0 Å². The zero-order valence-electron chi connectivity index (χ0n) is 18.9. The highest BCUT2D eigenvalue weighted by Crippen LogP contribution is 2.35. The van der Waals surface area contributed by atoms with Crippen molar-refractivity contribution < 1.29 is 0 Å². The number of aryl methyl sites for hydroxylation is 1. The maximum absolute atomic E-state index is 3.46. The summed E-state index contributed by atoms with van der Waals surface area (Å²) in [6.07, 6.45) is 7.07. The maximum atomic E-state index is 3.46. The number of anilines is 3. The van der Waals surface area contributed by atoms with Gasteiger partial charge in [0.25, 0.3) is 0 Å². The Kier molecular flexibility index (Phi) is 9.28. The second-order valence-electron chi connectivity index (χ2n) is 7.42. The molecule has 0 atom stereocenters. The predicted octanol–water partition coefficient (Wildman–Crippen LogP) is 9.65. The van der Waals surface area contributed by atoms with Crippen LogP contribution in [0.15, 0.2) is 141 Å². The summed E-state index contributed by atoms with van der Waals surface area (Å²) in [6.45, 7) is 9.06. The molecule has 0 saturated carbocycles. The van der Waals surface area contributed by atoms with Crippen molar-refractivity contribution in [2.75, 3.05) is 4.90 Å². The lowest BCUT2D eigenvalue weighted by Gasteiger charge is -2.26. The first-order chi connectivity index (χ1) is 16.1. The minimum atomic E-state index is 1.15. The number of hydrogen-bond acceptors (Lipinski definition) is 1. The van der Waals surface area contributed by atoms with Crippen LogP contribution in [-0.4, -0.2) is 0 Å². The van der Waals surface area contributed by atoms with Crippen molar-refractivity contribution in [2.45, 2.75) is 6.92 Å². The van der Waals surface area contributed by atoms with Crippen LogP contribution in [0, 0.1) is 10.5 Å². The van der Waals surface area contributed by atoms with Crippen LogP contribution in [-0.2, 0) is 0 Å².